The molecule has 0 radical (unpaired) electrons. The third-order valence-corrected chi connectivity index (χ3v) is 6.60. The monoisotopic (exact) mass is 425 g/mol. The van der Waals surface area contributed by atoms with Crippen molar-refractivity contribution < 1.29 is 14.6 Å². The Bertz CT molecular complexity index is 797. The Labute approximate surface area is 158 Å². The molecule has 5 rings (SSSR count). The number of phenols is 1. The molecule has 0 spiro atoms. The number of benzene rings is 1. The first-order chi connectivity index (χ1) is 11.7. The van der Waals surface area contributed by atoms with E-state index in [1.807, 2.05) is 31.7 Å². The number of anilines is 1. The second-order valence-electron chi connectivity index (χ2n) is 7.58. The number of fused-ring (bicyclic) bond motifs is 3. The van der Waals surface area contributed by atoms with Crippen molar-refractivity contribution in [3.63, 3.8) is 0 Å². The van der Waals surface area contributed by atoms with Crippen LogP contribution >= 0.6 is 27.3 Å². The second-order valence-corrected chi connectivity index (χ2v) is 9.41. The molecule has 134 valence electrons. The number of piperidine rings is 1. The van der Waals surface area contributed by atoms with E-state index in [-0.39, 0.29) is 23.9 Å². The van der Waals surface area contributed by atoms with Gasteiger partial charge in [-0.05, 0) is 55.3 Å². The number of nitrogens with zero attached hydrogens (tertiary/aromatic N) is 3. The highest BCUT2D eigenvalue weighted by molar-refractivity contribution is 9.10. The summed E-state index contributed by atoms with van der Waals surface area (Å²) in [5.41, 5.74) is 0.148. The van der Waals surface area contributed by atoms with E-state index in [0.717, 1.165) is 33.8 Å². The predicted molar refractivity (Wildman–Crippen MR) is 101 cm³/mol. The fourth-order valence-electron chi connectivity index (χ4n) is 3.46. The van der Waals surface area contributed by atoms with Crippen LogP contribution < -0.4 is 4.90 Å². The van der Waals surface area contributed by atoms with E-state index in [2.05, 4.69) is 25.8 Å². The third kappa shape index (κ3) is 2.95. The number of aromatic hydroxyl groups is 1. The van der Waals surface area contributed by atoms with Gasteiger partial charge >= 0.3 is 6.09 Å². The van der Waals surface area contributed by atoms with Crippen LogP contribution in [0.25, 0.3) is 10.2 Å². The van der Waals surface area contributed by atoms with Crippen molar-refractivity contribution in [1.82, 2.24) is 9.88 Å². The minimum Gasteiger partial charge on any atom is -0.506 e. The number of aromatic nitrogens is 1. The van der Waals surface area contributed by atoms with Gasteiger partial charge in [-0.3, -0.25) is 4.90 Å². The lowest BCUT2D eigenvalue weighted by atomic mass is 9.88. The first kappa shape index (κ1) is 16.9. The molecule has 2 bridgehead atoms. The van der Waals surface area contributed by atoms with Gasteiger partial charge in [0.1, 0.15) is 16.9 Å². The van der Waals surface area contributed by atoms with E-state index in [9.17, 15) is 9.90 Å². The summed E-state index contributed by atoms with van der Waals surface area (Å²) >= 11 is 5.08. The van der Waals surface area contributed by atoms with Gasteiger partial charge in [-0.25, -0.2) is 9.78 Å². The Hall–Kier alpha value is -1.54. The molecule has 2 aromatic rings. The van der Waals surface area contributed by atoms with Crippen molar-refractivity contribution in [3.8, 4) is 5.75 Å². The van der Waals surface area contributed by atoms with Crippen LogP contribution in [0.5, 0.6) is 5.75 Å². The van der Waals surface area contributed by atoms with Gasteiger partial charge < -0.3 is 14.7 Å². The number of carbonyl (C=O) groups excluding carboxylic acids is 1. The topological polar surface area (TPSA) is 65.9 Å². The number of hydrogen-bond acceptors (Lipinski definition) is 6. The predicted octanol–water partition coefficient (Wildman–Crippen LogP) is 3.96. The molecular weight excluding hydrogens is 406 g/mol. The van der Waals surface area contributed by atoms with Gasteiger partial charge in [-0.15, -0.1) is 0 Å². The van der Waals surface area contributed by atoms with Gasteiger partial charge in [0.2, 0.25) is 0 Å². The number of piperazine rings is 1. The van der Waals surface area contributed by atoms with Crippen molar-refractivity contribution in [2.45, 2.75) is 44.9 Å². The van der Waals surface area contributed by atoms with Crippen LogP contribution in [-0.4, -0.2) is 51.9 Å². The number of hydrogen-bond donors (Lipinski definition) is 1. The van der Waals surface area contributed by atoms with Crippen molar-refractivity contribution >= 4 is 48.7 Å². The average Bonchev–Trinajstić information content (AvgIpc) is 2.96. The molecule has 0 saturated carbocycles. The van der Waals surface area contributed by atoms with Gasteiger partial charge in [-0.1, -0.05) is 11.3 Å². The van der Waals surface area contributed by atoms with E-state index in [0.29, 0.717) is 5.52 Å². The minimum atomic E-state index is -0.475. The van der Waals surface area contributed by atoms with Crippen LogP contribution in [0.4, 0.5) is 9.93 Å². The zero-order valence-electron chi connectivity index (χ0n) is 14.3. The number of carbonyl (C=O) groups is 1. The summed E-state index contributed by atoms with van der Waals surface area (Å²) < 4.78 is 7.39. The van der Waals surface area contributed by atoms with Crippen LogP contribution in [0, 0.1) is 0 Å². The molecule has 3 fully saturated rings. The molecule has 3 aliphatic heterocycles. The van der Waals surface area contributed by atoms with E-state index in [4.69, 9.17) is 4.74 Å². The smallest absolute Gasteiger partial charge is 0.410 e. The Kier molecular flexibility index (Phi) is 3.88. The summed E-state index contributed by atoms with van der Waals surface area (Å²) in [7, 11) is 0. The summed E-state index contributed by atoms with van der Waals surface area (Å²) in [4.78, 5) is 21.0. The van der Waals surface area contributed by atoms with Crippen molar-refractivity contribution in [2.24, 2.45) is 0 Å². The fourth-order valence-corrected chi connectivity index (χ4v) is 5.04. The highest BCUT2D eigenvalue weighted by Gasteiger charge is 2.49. The van der Waals surface area contributed by atoms with E-state index >= 15 is 0 Å². The number of amides is 1. The molecule has 0 aliphatic carbocycles. The largest absolute Gasteiger partial charge is 0.506 e. The van der Waals surface area contributed by atoms with Crippen molar-refractivity contribution in [1.29, 1.82) is 0 Å². The van der Waals surface area contributed by atoms with Gasteiger partial charge in [0, 0.05) is 17.6 Å². The maximum atomic E-state index is 12.4. The second kappa shape index (κ2) is 5.74. The molecule has 2 atom stereocenters. The zero-order chi connectivity index (χ0) is 17.9. The lowest BCUT2D eigenvalue weighted by molar-refractivity contribution is -0.0379. The molecule has 3 aliphatic rings. The van der Waals surface area contributed by atoms with Crippen LogP contribution in [-0.2, 0) is 4.74 Å². The van der Waals surface area contributed by atoms with Gasteiger partial charge in [0.15, 0.2) is 5.13 Å². The number of ether oxygens (including phenoxy) is 1. The molecular formula is C17H20BrN3O3S. The summed E-state index contributed by atoms with van der Waals surface area (Å²) in [6.45, 7) is 7.15. The SMILES string of the molecule is CC(C)(C)OC(=O)N1C2CC1CN(c1nc3c(O)ccc(Br)c3s1)C2. The van der Waals surface area contributed by atoms with Crippen LogP contribution in [0.2, 0.25) is 0 Å². The summed E-state index contributed by atoms with van der Waals surface area (Å²) in [5, 5.41) is 10.9. The Morgan fingerprint density at radius 3 is 2.64 bits per heavy atom. The molecule has 3 saturated heterocycles. The Morgan fingerprint density at radius 1 is 1.36 bits per heavy atom. The molecule has 25 heavy (non-hydrogen) atoms. The molecule has 6 nitrogen and oxygen atoms in total. The fraction of sp³-hybridized carbons (Fsp3) is 0.529. The molecule has 1 N–H and O–H groups in total. The molecule has 4 heterocycles. The molecule has 1 amide bonds. The van der Waals surface area contributed by atoms with E-state index in [1.54, 1.807) is 17.4 Å². The van der Waals surface area contributed by atoms with Crippen LogP contribution in [0.15, 0.2) is 16.6 Å². The Morgan fingerprint density at radius 2 is 2.04 bits per heavy atom. The lowest BCUT2D eigenvalue weighted by Crippen LogP contribution is -2.70. The van der Waals surface area contributed by atoms with Crippen molar-refractivity contribution in [2.75, 3.05) is 18.0 Å². The number of rotatable bonds is 1. The average molecular weight is 426 g/mol. The number of halogens is 1. The summed E-state index contributed by atoms with van der Waals surface area (Å²) in [6, 6.07) is 3.81. The Balaban J connectivity index is 1.52. The molecule has 1 aromatic carbocycles. The zero-order valence-corrected chi connectivity index (χ0v) is 16.7. The van der Waals surface area contributed by atoms with Crippen LogP contribution in [0.1, 0.15) is 27.2 Å². The molecule has 1 aromatic heterocycles. The summed E-state index contributed by atoms with van der Waals surface area (Å²) in [5.74, 6) is 0.193. The molecule has 2 unspecified atom stereocenters. The summed E-state index contributed by atoms with van der Waals surface area (Å²) in [6.07, 6.45) is 0.786. The normalized spacial score (nSPS) is 22.9. The standard InChI is InChI=1S/C17H20BrN3O3S/c1-17(2,3)24-16(23)21-9-6-10(21)8-20(7-9)15-19-13-12(22)5-4-11(18)14(13)25-15/h4-5,9-10,22H,6-8H2,1-3H3. The first-order valence-electron chi connectivity index (χ1n) is 8.27. The highest BCUT2D eigenvalue weighted by Crippen LogP contribution is 2.41. The van der Waals surface area contributed by atoms with Gasteiger partial charge in [-0.2, -0.15) is 0 Å². The molecule has 8 heteroatoms. The van der Waals surface area contributed by atoms with Gasteiger partial charge in [0.25, 0.3) is 0 Å². The highest BCUT2D eigenvalue weighted by atomic mass is 79.9. The minimum absolute atomic E-state index is 0.164. The lowest BCUT2D eigenvalue weighted by Gasteiger charge is -2.55. The van der Waals surface area contributed by atoms with Crippen LogP contribution in [0.3, 0.4) is 0 Å². The van der Waals surface area contributed by atoms with E-state index in [1.165, 1.54) is 0 Å². The van der Waals surface area contributed by atoms with Crippen molar-refractivity contribution in [3.05, 3.63) is 16.6 Å². The first-order valence-corrected chi connectivity index (χ1v) is 9.88. The van der Waals surface area contributed by atoms with E-state index < -0.39 is 5.60 Å². The maximum Gasteiger partial charge on any atom is 0.410 e. The third-order valence-electron chi connectivity index (χ3n) is 4.53. The maximum absolute atomic E-state index is 12.4. The van der Waals surface area contributed by atoms with Gasteiger partial charge in [0.05, 0.1) is 16.8 Å². The quantitative estimate of drug-likeness (QED) is 0.748. The number of phenolic OH excluding ortho intramolecular Hbond substituents is 1. The number of thiazole rings is 1.